The Morgan fingerprint density at radius 3 is 0.699 bits per heavy atom. The maximum Gasteiger partial charge on any atom is 0.472 e. The van der Waals surface area contributed by atoms with Gasteiger partial charge in [0.25, 0.3) is 0 Å². The monoisotopic (exact) mass is 1610 g/mol. The van der Waals surface area contributed by atoms with Crippen molar-refractivity contribution >= 4 is 33.6 Å². The van der Waals surface area contributed by atoms with E-state index < -0.39 is 91.5 Å². The molecule has 16 nitrogen and oxygen atoms in total. The van der Waals surface area contributed by atoms with Gasteiger partial charge in [-0.2, -0.15) is 0 Å². The molecule has 0 aromatic heterocycles. The predicted octanol–water partition coefficient (Wildman–Crippen LogP) is 26.4. The Morgan fingerprint density at radius 1 is 0.248 bits per heavy atom. The highest BCUT2D eigenvalue weighted by Gasteiger charge is 2.29. The summed E-state index contributed by atoms with van der Waals surface area (Å²) in [5.41, 5.74) is 0. The maximum atomic E-state index is 13.0. The molecule has 0 heterocycles. The van der Waals surface area contributed by atoms with Crippen molar-refractivity contribution in [3.8, 4) is 0 Å². The van der Waals surface area contributed by atoms with Crippen LogP contribution in [0.2, 0.25) is 0 Å². The molecule has 113 heavy (non-hydrogen) atoms. The summed E-state index contributed by atoms with van der Waals surface area (Å²) in [6.45, 7) is 2.28. The second-order valence-corrected chi connectivity index (χ2v) is 31.1. The zero-order valence-corrected chi connectivity index (χ0v) is 72.0. The van der Waals surface area contributed by atoms with Crippen LogP contribution in [0.5, 0.6) is 0 Å². The van der Waals surface area contributed by atoms with Gasteiger partial charge in [-0.25, -0.2) is 9.13 Å². The summed E-state index contributed by atoms with van der Waals surface area (Å²) in [5, 5.41) is 20.7. The molecule has 0 radical (unpaired) electrons. The maximum absolute atomic E-state index is 13.0. The van der Waals surface area contributed by atoms with E-state index >= 15 is 0 Å². The molecule has 0 rings (SSSR count). The summed E-state index contributed by atoms with van der Waals surface area (Å²) in [6.07, 6.45) is 114. The molecule has 5 unspecified atom stereocenters. The summed E-state index contributed by atoms with van der Waals surface area (Å²) < 4.78 is 61.3. The molecule has 0 aliphatic carbocycles. The van der Waals surface area contributed by atoms with Crippen molar-refractivity contribution in [1.82, 2.24) is 0 Å². The lowest BCUT2D eigenvalue weighted by Crippen LogP contribution is -2.30. The first-order valence-electron chi connectivity index (χ1n) is 43.4. The number of hydrogen-bond donors (Lipinski definition) is 4. The molecule has 0 spiro atoms. The van der Waals surface area contributed by atoms with E-state index in [4.69, 9.17) is 32.3 Å². The number of carbonyl (C=O) groups excluding carboxylic acids is 3. The fourth-order valence-corrected chi connectivity index (χ4v) is 12.6. The minimum Gasteiger partial charge on any atom is -0.463 e. The van der Waals surface area contributed by atoms with Crippen LogP contribution >= 0.6 is 15.6 Å². The second-order valence-electron chi connectivity index (χ2n) is 28.2. The predicted molar refractivity (Wildman–Crippen MR) is 472 cm³/mol. The third-order valence-electron chi connectivity index (χ3n) is 17.5. The van der Waals surface area contributed by atoms with E-state index in [2.05, 4.69) is 227 Å². The molecule has 0 amide bonds. The Kier molecular flexibility index (Phi) is 81.1. The van der Waals surface area contributed by atoms with Crippen molar-refractivity contribution in [3.05, 3.63) is 207 Å². The minimum absolute atomic E-state index is 0.0681. The summed E-state index contributed by atoms with van der Waals surface area (Å²) in [4.78, 5) is 58.9. The first kappa shape index (κ1) is 107. The number of aliphatic hydroxyl groups is 2. The number of unbranched alkanes of at least 4 members (excludes halogenated alkanes) is 23. The number of esters is 3. The molecule has 640 valence electrons. The van der Waals surface area contributed by atoms with Crippen LogP contribution in [0.1, 0.15) is 316 Å². The minimum atomic E-state index is -4.96. The van der Waals surface area contributed by atoms with E-state index in [1.54, 1.807) is 0 Å². The van der Waals surface area contributed by atoms with Gasteiger partial charge in [-0.3, -0.25) is 32.5 Å². The third-order valence-corrected chi connectivity index (χ3v) is 19.4. The molecule has 0 aliphatic rings. The van der Waals surface area contributed by atoms with E-state index in [0.717, 1.165) is 193 Å². The molecule has 0 bridgehead atoms. The van der Waals surface area contributed by atoms with E-state index in [0.29, 0.717) is 19.3 Å². The summed E-state index contributed by atoms with van der Waals surface area (Å²) in [5.74, 6) is -1.64. The van der Waals surface area contributed by atoms with Crippen LogP contribution in [-0.2, 0) is 55.8 Å². The largest absolute Gasteiger partial charge is 0.472 e. The van der Waals surface area contributed by atoms with Crippen molar-refractivity contribution in [1.29, 1.82) is 0 Å². The van der Waals surface area contributed by atoms with E-state index in [-0.39, 0.29) is 19.3 Å². The lowest BCUT2D eigenvalue weighted by Gasteiger charge is -2.21. The van der Waals surface area contributed by atoms with Gasteiger partial charge in [-0.1, -0.05) is 337 Å². The molecule has 4 N–H and O–H groups in total. The number of phosphoric ester groups is 2. The Balaban J connectivity index is 4.62. The van der Waals surface area contributed by atoms with Crippen LogP contribution in [0.25, 0.3) is 0 Å². The number of ether oxygens (including phenoxy) is 3. The van der Waals surface area contributed by atoms with E-state index in [1.807, 2.05) is 0 Å². The molecule has 0 aliphatic heterocycles. The molecule has 5 atom stereocenters. The van der Waals surface area contributed by atoms with Crippen LogP contribution in [0.3, 0.4) is 0 Å². The first-order valence-corrected chi connectivity index (χ1v) is 46.4. The van der Waals surface area contributed by atoms with Gasteiger partial charge in [0.1, 0.15) is 25.4 Å². The third kappa shape index (κ3) is 86.8. The number of aliphatic hydroxyl groups excluding tert-OH is 2. The van der Waals surface area contributed by atoms with Crippen LogP contribution in [0.15, 0.2) is 207 Å². The molecule has 0 aromatic carbocycles. The number of carbonyl (C=O) groups is 3. The Morgan fingerprint density at radius 2 is 0.442 bits per heavy atom. The second kappa shape index (κ2) is 85.5. The zero-order chi connectivity index (χ0) is 82.2. The number of rotatable bonds is 80. The Hall–Kier alpha value is -5.87. The fraction of sp³-hybridized carbons (Fsp3) is 0.611. The van der Waals surface area contributed by atoms with E-state index in [1.165, 1.54) is 64.2 Å². The smallest absolute Gasteiger partial charge is 0.463 e. The molecule has 0 fully saturated rings. The van der Waals surface area contributed by atoms with Crippen LogP contribution in [0, 0.1) is 0 Å². The number of phosphoric acid groups is 2. The van der Waals surface area contributed by atoms with Gasteiger partial charge in [-0.15, -0.1) is 0 Å². The highest BCUT2D eigenvalue weighted by Crippen LogP contribution is 2.45. The number of allylic oxidation sites excluding steroid dienone is 34. The molecular weight excluding hydrogens is 1460 g/mol. The summed E-state index contributed by atoms with van der Waals surface area (Å²) in [6, 6.07) is 0. The number of hydrogen-bond acceptors (Lipinski definition) is 14. The van der Waals surface area contributed by atoms with Gasteiger partial charge in [0.05, 0.1) is 26.4 Å². The standard InChI is InChI=1S/C95H154O16P2/c1-4-7-10-13-16-19-22-25-28-31-34-37-39-40-41-42-43-44-45-46-47-48-50-53-54-57-60-63-66-69-72-75-78-81-93(98)105-84-90(96)85-107-112(101,102)108-86-91(97)87-109-113(103,104)110-89-92(111-95(100)83-80-77-74-71-68-65-62-59-56-51-36-33-30-27-24-21-18-15-12-9-6-3)88-106-94(99)82-79-76-73-70-67-64-61-58-55-52-49-38-35-32-29-26-23-20-17-14-11-8-5-2/h7-12,16-21,25-30,34-38,40-41,43-44,51-52,55,59,61-62,64,90-92,96-97H,4-6,13-15,22-24,31-33,39,42,45-50,53-54,56-58,60,63,65-89H2,1-3H3,(H,101,102)(H,103,104)/b10-7-,11-8-,12-9-,19-16-,20-17-,21-18-,28-25-,29-26-,30-27-,37-34-,38-35-,41-40-,44-43-,51-36-,55-52-,62-59-,64-61-. The van der Waals surface area contributed by atoms with Gasteiger partial charge in [-0.05, 0) is 167 Å². The van der Waals surface area contributed by atoms with E-state index in [9.17, 15) is 43.5 Å². The summed E-state index contributed by atoms with van der Waals surface area (Å²) in [7, 11) is -9.83. The lowest BCUT2D eigenvalue weighted by molar-refractivity contribution is -0.161. The highest BCUT2D eigenvalue weighted by molar-refractivity contribution is 7.47. The molecule has 0 saturated carbocycles. The fourth-order valence-electron chi connectivity index (χ4n) is 11.0. The summed E-state index contributed by atoms with van der Waals surface area (Å²) >= 11 is 0. The van der Waals surface area contributed by atoms with Gasteiger partial charge in [0.2, 0.25) is 0 Å². The van der Waals surface area contributed by atoms with Crippen LogP contribution < -0.4 is 0 Å². The van der Waals surface area contributed by atoms with Crippen molar-refractivity contribution < 1.29 is 75.8 Å². The van der Waals surface area contributed by atoms with Crippen molar-refractivity contribution in [2.75, 3.05) is 39.6 Å². The topological polar surface area (TPSA) is 231 Å². The van der Waals surface area contributed by atoms with Crippen molar-refractivity contribution in [2.24, 2.45) is 0 Å². The van der Waals surface area contributed by atoms with Gasteiger partial charge in [0.15, 0.2) is 6.10 Å². The van der Waals surface area contributed by atoms with Crippen molar-refractivity contribution in [3.63, 3.8) is 0 Å². The average Bonchev–Trinajstić information content (AvgIpc) is 0.900. The Labute approximate surface area is 686 Å². The molecule has 0 aromatic rings. The lowest BCUT2D eigenvalue weighted by atomic mass is 10.0. The van der Waals surface area contributed by atoms with Crippen LogP contribution in [-0.4, -0.2) is 95.9 Å². The molecule has 0 saturated heterocycles. The van der Waals surface area contributed by atoms with Gasteiger partial charge in [0, 0.05) is 19.3 Å². The average molecular weight is 1610 g/mol. The molecule has 18 heteroatoms. The van der Waals surface area contributed by atoms with Gasteiger partial charge < -0.3 is 34.2 Å². The highest BCUT2D eigenvalue weighted by atomic mass is 31.2. The normalized spacial score (nSPS) is 14.9. The molecular formula is C95H154O16P2. The SMILES string of the molecule is CC/C=C\C/C=C\C/C=C\C/C=C\C/C=C\C/C=C\CCCCCCCCCCCCCCCCC(=O)OCC(O)COP(=O)(O)OCC(O)COP(=O)(O)OCC(COC(=O)CCCCCC/C=C\C/C=C\C/C=C\C/C=C\C/C=C\C/C=C\CC)OC(=O)CCCCCCC/C=C\C/C=C\C/C=C\C/C=C\C/C=C\CC. The first-order chi connectivity index (χ1) is 55.2. The Bertz CT molecular complexity index is 2880. The van der Waals surface area contributed by atoms with Gasteiger partial charge >= 0.3 is 33.6 Å². The zero-order valence-electron chi connectivity index (χ0n) is 70.2. The van der Waals surface area contributed by atoms with Crippen molar-refractivity contribution in [2.45, 2.75) is 334 Å². The van der Waals surface area contributed by atoms with Crippen LogP contribution in [0.4, 0.5) is 0 Å². The quantitative estimate of drug-likeness (QED) is 0.0146.